The molecule has 0 spiro atoms. The summed E-state index contributed by atoms with van der Waals surface area (Å²) in [6.07, 6.45) is 2.45. The van der Waals surface area contributed by atoms with Crippen molar-refractivity contribution >= 4 is 11.9 Å². The number of piperidine rings is 1. The molecular weight excluding hydrogens is 468 g/mol. The Morgan fingerprint density at radius 2 is 1.73 bits per heavy atom. The third-order valence-electron chi connectivity index (χ3n) is 6.91. The molecule has 2 aliphatic rings. The van der Waals surface area contributed by atoms with Gasteiger partial charge in [-0.2, -0.15) is 10.4 Å². The van der Waals surface area contributed by atoms with Crippen molar-refractivity contribution in [1.82, 2.24) is 14.7 Å². The standard InChI is InChI=1S/C29H33N5O3/c1-29(2,3)37-28(35)33-17-14-20(15-18-33)25-13-16-31-27-24(19-30)26(32-34(25)27)21-9-11-23(12-10-21)36-22-7-5-4-6-8-22/h4-12,20,25,31H,13-18H2,1-3H3/t25-/m0/s1/i26+2. The second kappa shape index (κ2) is 10.2. The van der Waals surface area contributed by atoms with Gasteiger partial charge >= 0.3 is 6.09 Å². The van der Waals surface area contributed by atoms with Crippen molar-refractivity contribution < 1.29 is 14.3 Å². The van der Waals surface area contributed by atoms with E-state index in [1.54, 1.807) is 4.90 Å². The topological polar surface area (TPSA) is 92.4 Å². The maximum atomic E-state index is 12.5. The molecule has 0 aliphatic carbocycles. The number of aromatic nitrogens is 2. The number of nitrogens with one attached hydrogen (secondary N) is 1. The molecule has 1 atom stereocenters. The first-order valence-corrected chi connectivity index (χ1v) is 12.9. The Balaban J connectivity index is 1.33. The molecule has 1 fully saturated rings. The Hall–Kier alpha value is -3.99. The molecule has 0 bridgehead atoms. The quantitative estimate of drug-likeness (QED) is 0.456. The van der Waals surface area contributed by atoms with Crippen LogP contribution in [0, 0.1) is 17.2 Å². The molecule has 1 amide bonds. The van der Waals surface area contributed by atoms with Gasteiger partial charge in [0.25, 0.3) is 0 Å². The van der Waals surface area contributed by atoms with Gasteiger partial charge in [-0.1, -0.05) is 18.2 Å². The van der Waals surface area contributed by atoms with E-state index in [-0.39, 0.29) is 12.1 Å². The number of rotatable bonds is 4. The van der Waals surface area contributed by atoms with Gasteiger partial charge < -0.3 is 19.7 Å². The number of hydrogen-bond donors (Lipinski definition) is 1. The summed E-state index contributed by atoms with van der Waals surface area (Å²) in [5.41, 5.74) is 1.62. The Kier molecular flexibility index (Phi) is 6.79. The van der Waals surface area contributed by atoms with Gasteiger partial charge in [-0.05, 0) is 82.3 Å². The van der Waals surface area contributed by atoms with Crippen molar-refractivity contribution in [2.75, 3.05) is 25.0 Å². The number of nitrogens with zero attached hydrogens (tertiary/aromatic N) is 4. The zero-order valence-corrected chi connectivity index (χ0v) is 21.6. The normalized spacial score (nSPS) is 17.9. The summed E-state index contributed by atoms with van der Waals surface area (Å²) >= 11 is 0. The molecule has 8 nitrogen and oxygen atoms in total. The van der Waals surface area contributed by atoms with Crippen LogP contribution in [-0.2, 0) is 4.74 Å². The van der Waals surface area contributed by atoms with E-state index in [1.165, 1.54) is 0 Å². The summed E-state index contributed by atoms with van der Waals surface area (Å²) in [5.74, 6) is 2.66. The van der Waals surface area contributed by atoms with Crippen molar-refractivity contribution in [2.45, 2.75) is 51.7 Å². The van der Waals surface area contributed by atoms with E-state index in [0.29, 0.717) is 30.3 Å². The summed E-state index contributed by atoms with van der Waals surface area (Å²) in [7, 11) is 0. The number of amides is 1. The van der Waals surface area contributed by atoms with E-state index >= 15 is 0 Å². The summed E-state index contributed by atoms with van der Waals surface area (Å²) in [6, 6.07) is 19.9. The van der Waals surface area contributed by atoms with E-state index in [1.807, 2.05) is 80.1 Å². The first-order valence-electron chi connectivity index (χ1n) is 12.9. The minimum Gasteiger partial charge on any atom is -0.457 e. The van der Waals surface area contributed by atoms with Crippen LogP contribution in [0.2, 0.25) is 0 Å². The van der Waals surface area contributed by atoms with Crippen LogP contribution in [0.5, 0.6) is 11.5 Å². The molecule has 2 aliphatic heterocycles. The lowest BCUT2D eigenvalue weighted by Crippen LogP contribution is -2.43. The van der Waals surface area contributed by atoms with Crippen LogP contribution >= 0.6 is 0 Å². The van der Waals surface area contributed by atoms with Gasteiger partial charge in [0, 0.05) is 25.2 Å². The summed E-state index contributed by atoms with van der Waals surface area (Å²) < 4.78 is 13.5. The molecule has 5 rings (SSSR count). The number of nitriles is 1. The molecule has 37 heavy (non-hydrogen) atoms. The maximum Gasteiger partial charge on any atom is 0.410 e. The zero-order valence-electron chi connectivity index (χ0n) is 21.6. The van der Waals surface area contributed by atoms with Crippen LogP contribution in [0.1, 0.15) is 51.6 Å². The van der Waals surface area contributed by atoms with Crippen LogP contribution in [0.3, 0.4) is 0 Å². The highest BCUT2D eigenvalue weighted by Crippen LogP contribution is 2.40. The first kappa shape index (κ1) is 24.7. The lowest BCUT2D eigenvalue weighted by atomic mass is 9.87. The molecule has 192 valence electrons. The maximum absolute atomic E-state index is 12.5. The number of ether oxygens (including phenoxy) is 2. The summed E-state index contributed by atoms with van der Waals surface area (Å²) in [5, 5.41) is 18.4. The van der Waals surface area contributed by atoms with Gasteiger partial charge in [-0.15, -0.1) is 0 Å². The van der Waals surface area contributed by atoms with Crippen molar-refractivity contribution in [3.05, 3.63) is 60.2 Å². The second-order valence-electron chi connectivity index (χ2n) is 10.7. The van der Waals surface area contributed by atoms with E-state index in [0.717, 1.165) is 48.7 Å². The minimum absolute atomic E-state index is 0.179. The van der Waals surface area contributed by atoms with Gasteiger partial charge in [-0.3, -0.25) is 0 Å². The number of benzene rings is 2. The highest BCUT2D eigenvalue weighted by molar-refractivity contribution is 5.74. The molecule has 1 N–H and O–H groups in total. The molecule has 1 saturated heterocycles. The number of likely N-dealkylation sites (tertiary alicyclic amines) is 1. The SMILES string of the molecule is CC(C)(C)OC(=O)N1CCC([C@@H]2CCNc3c(C#N)[14c](-c4ccc(Oc5ccccc5)cc4)nn32)CC1. The van der Waals surface area contributed by atoms with Gasteiger partial charge in [0.15, 0.2) is 0 Å². The van der Waals surface area contributed by atoms with Gasteiger partial charge in [0.05, 0.1) is 6.04 Å². The first-order chi connectivity index (χ1) is 17.8. The number of anilines is 1. The van der Waals surface area contributed by atoms with E-state index in [2.05, 4.69) is 11.4 Å². The number of carbonyl (C=O) groups is 1. The highest BCUT2D eigenvalue weighted by Gasteiger charge is 2.35. The average Bonchev–Trinajstić information content (AvgIpc) is 3.28. The molecular formula is C29H33N5O3. The summed E-state index contributed by atoms with van der Waals surface area (Å²) in [4.78, 5) is 14.3. The number of hydrogen-bond acceptors (Lipinski definition) is 6. The largest absolute Gasteiger partial charge is 0.457 e. The predicted molar refractivity (Wildman–Crippen MR) is 142 cm³/mol. The monoisotopic (exact) mass is 501 g/mol. The third-order valence-corrected chi connectivity index (χ3v) is 6.91. The molecule has 0 saturated carbocycles. The Morgan fingerprint density at radius 1 is 1.05 bits per heavy atom. The van der Waals surface area contributed by atoms with Gasteiger partial charge in [0.2, 0.25) is 0 Å². The molecule has 2 aromatic carbocycles. The second-order valence-corrected chi connectivity index (χ2v) is 10.7. The molecule has 3 aromatic rings. The van der Waals surface area contributed by atoms with Crippen molar-refractivity contribution in [3.63, 3.8) is 0 Å². The van der Waals surface area contributed by atoms with E-state index in [4.69, 9.17) is 14.6 Å². The van der Waals surface area contributed by atoms with Crippen molar-refractivity contribution in [1.29, 1.82) is 5.26 Å². The van der Waals surface area contributed by atoms with Gasteiger partial charge in [0.1, 0.15) is 40.2 Å². The van der Waals surface area contributed by atoms with Gasteiger partial charge in [-0.25, -0.2) is 9.48 Å². The van der Waals surface area contributed by atoms with Crippen LogP contribution in [0.15, 0.2) is 54.6 Å². The number of para-hydroxylation sites is 1. The lowest BCUT2D eigenvalue weighted by Gasteiger charge is -2.38. The zero-order chi connectivity index (χ0) is 26.0. The number of carbonyl (C=O) groups excluding carboxylic acids is 1. The van der Waals surface area contributed by atoms with Crippen LogP contribution in [0.25, 0.3) is 11.3 Å². The smallest absolute Gasteiger partial charge is 0.410 e. The third kappa shape index (κ3) is 5.41. The van der Waals surface area contributed by atoms with Crippen molar-refractivity contribution in [2.24, 2.45) is 5.92 Å². The predicted octanol–water partition coefficient (Wildman–Crippen LogP) is 6.22. The molecule has 1 aromatic heterocycles. The Morgan fingerprint density at radius 3 is 2.38 bits per heavy atom. The Bertz CT molecular complexity index is 1280. The fourth-order valence-corrected chi connectivity index (χ4v) is 5.15. The van der Waals surface area contributed by atoms with E-state index < -0.39 is 5.60 Å². The van der Waals surface area contributed by atoms with Crippen LogP contribution < -0.4 is 10.1 Å². The molecule has 0 unspecified atom stereocenters. The van der Waals surface area contributed by atoms with Crippen LogP contribution in [0.4, 0.5) is 10.6 Å². The fourth-order valence-electron chi connectivity index (χ4n) is 5.15. The lowest BCUT2D eigenvalue weighted by molar-refractivity contribution is 0.0157. The fraction of sp³-hybridized carbons (Fsp3) is 0.414. The Labute approximate surface area is 217 Å². The van der Waals surface area contributed by atoms with Crippen LogP contribution in [-0.4, -0.2) is 46.0 Å². The minimum atomic E-state index is -0.497. The highest BCUT2D eigenvalue weighted by atomic mass is 16.6. The van der Waals surface area contributed by atoms with Crippen molar-refractivity contribution in [3.8, 4) is 28.8 Å². The molecule has 0 radical (unpaired) electrons. The average molecular weight is 502 g/mol. The molecule has 3 heterocycles. The van der Waals surface area contributed by atoms with E-state index in [9.17, 15) is 10.1 Å². The summed E-state index contributed by atoms with van der Waals surface area (Å²) in [6.45, 7) is 7.79. The number of fused-ring (bicyclic) bond motifs is 1. The molecule has 8 heteroatoms.